The fourth-order valence-corrected chi connectivity index (χ4v) is 3.36. The quantitative estimate of drug-likeness (QED) is 0.810. The van der Waals surface area contributed by atoms with E-state index in [-0.39, 0.29) is 6.04 Å². The van der Waals surface area contributed by atoms with Crippen molar-refractivity contribution in [2.45, 2.75) is 25.3 Å². The molecule has 1 atom stereocenters. The molecule has 1 N–H and O–H groups in total. The number of aromatic nitrogens is 1. The van der Waals surface area contributed by atoms with Crippen molar-refractivity contribution in [3.63, 3.8) is 0 Å². The van der Waals surface area contributed by atoms with E-state index in [1.165, 1.54) is 12.0 Å². The van der Waals surface area contributed by atoms with Gasteiger partial charge in [-0.25, -0.2) is 0 Å². The van der Waals surface area contributed by atoms with Gasteiger partial charge in [-0.3, -0.25) is 4.98 Å². The number of likely N-dealkylation sites (tertiary alicyclic amines) is 1. The summed E-state index contributed by atoms with van der Waals surface area (Å²) in [6.07, 6.45) is 7.19. The van der Waals surface area contributed by atoms with Gasteiger partial charge in [-0.05, 0) is 55.2 Å². The van der Waals surface area contributed by atoms with E-state index < -0.39 is 0 Å². The maximum absolute atomic E-state index is 6.21. The Balaban J connectivity index is 1.79. The minimum absolute atomic E-state index is 0.282. The Hall–Kier alpha value is -1.65. The molecule has 1 aliphatic rings. The molecule has 5 heteroatoms. The molecule has 1 aromatic carbocycles. The number of anilines is 1. The van der Waals surface area contributed by atoms with E-state index in [4.69, 9.17) is 23.8 Å². The molecule has 0 amide bonds. The number of para-hydroxylation sites is 1. The minimum atomic E-state index is 0.282. The molecule has 1 aromatic heterocycles. The molecule has 3 rings (SSSR count). The lowest BCUT2D eigenvalue weighted by molar-refractivity contribution is 0.248. The molecule has 1 saturated heterocycles. The molecule has 1 fully saturated rings. The third-order valence-corrected chi connectivity index (χ3v) is 4.61. The zero-order valence-corrected chi connectivity index (χ0v) is 13.8. The van der Waals surface area contributed by atoms with Crippen molar-refractivity contribution >= 4 is 34.6 Å². The van der Waals surface area contributed by atoms with E-state index >= 15 is 0 Å². The fourth-order valence-electron chi connectivity index (χ4n) is 2.84. The van der Waals surface area contributed by atoms with Crippen LogP contribution in [-0.4, -0.2) is 21.5 Å². The maximum atomic E-state index is 6.21. The second-order valence-electron chi connectivity index (χ2n) is 5.40. The van der Waals surface area contributed by atoms with E-state index in [1.807, 2.05) is 36.5 Å². The van der Waals surface area contributed by atoms with Crippen molar-refractivity contribution in [1.82, 2.24) is 9.88 Å². The number of thiocarbonyl (C=S) groups is 1. The number of pyridine rings is 1. The van der Waals surface area contributed by atoms with Gasteiger partial charge in [0.05, 0.1) is 16.8 Å². The molecule has 0 radical (unpaired) electrons. The Morgan fingerprint density at radius 3 is 2.86 bits per heavy atom. The van der Waals surface area contributed by atoms with Gasteiger partial charge in [0, 0.05) is 18.9 Å². The topological polar surface area (TPSA) is 28.2 Å². The molecular weight excluding hydrogens is 314 g/mol. The van der Waals surface area contributed by atoms with Gasteiger partial charge < -0.3 is 10.2 Å². The fraction of sp³-hybridized carbons (Fsp3) is 0.294. The summed E-state index contributed by atoms with van der Waals surface area (Å²) in [6.45, 7) is 0.954. The first-order valence-corrected chi connectivity index (χ1v) is 8.26. The van der Waals surface area contributed by atoms with Crippen LogP contribution in [0.5, 0.6) is 0 Å². The Kier molecular flexibility index (Phi) is 4.90. The number of rotatable bonds is 2. The van der Waals surface area contributed by atoms with E-state index in [0.717, 1.165) is 30.2 Å². The van der Waals surface area contributed by atoms with Crippen LogP contribution in [0, 0.1) is 0 Å². The van der Waals surface area contributed by atoms with Gasteiger partial charge >= 0.3 is 0 Å². The normalized spacial score (nSPS) is 18.0. The highest BCUT2D eigenvalue weighted by Gasteiger charge is 2.26. The van der Waals surface area contributed by atoms with Crippen LogP contribution in [0.15, 0.2) is 48.8 Å². The van der Waals surface area contributed by atoms with Crippen LogP contribution in [0.25, 0.3) is 0 Å². The summed E-state index contributed by atoms with van der Waals surface area (Å²) in [5.41, 5.74) is 2.06. The number of piperidine rings is 1. The molecule has 2 aromatic rings. The zero-order chi connectivity index (χ0) is 15.4. The number of nitrogens with zero attached hydrogens (tertiary/aromatic N) is 2. The molecule has 0 saturated carbocycles. The summed E-state index contributed by atoms with van der Waals surface area (Å²) in [6, 6.07) is 12.0. The van der Waals surface area contributed by atoms with Crippen molar-refractivity contribution < 1.29 is 0 Å². The molecule has 1 unspecified atom stereocenters. The Labute approximate surface area is 141 Å². The van der Waals surface area contributed by atoms with Crippen LogP contribution in [0.3, 0.4) is 0 Å². The average Bonchev–Trinajstić information content (AvgIpc) is 2.58. The first-order valence-electron chi connectivity index (χ1n) is 7.48. The molecule has 22 heavy (non-hydrogen) atoms. The smallest absolute Gasteiger partial charge is 0.173 e. The van der Waals surface area contributed by atoms with Gasteiger partial charge in [0.25, 0.3) is 0 Å². The standard InChI is InChI=1S/C17H18ClN3S/c18-14-7-1-2-8-15(14)20-17(22)21-11-4-3-9-16(21)13-6-5-10-19-12-13/h1-2,5-8,10,12,16H,3-4,9,11H2,(H,20,22). The van der Waals surface area contributed by atoms with E-state index in [0.29, 0.717) is 5.02 Å². The summed E-state index contributed by atoms with van der Waals surface area (Å²) in [7, 11) is 0. The lowest BCUT2D eigenvalue weighted by Gasteiger charge is -2.37. The van der Waals surface area contributed by atoms with Gasteiger partial charge in [-0.1, -0.05) is 29.8 Å². The van der Waals surface area contributed by atoms with Gasteiger partial charge in [0.1, 0.15) is 0 Å². The second kappa shape index (κ2) is 7.07. The second-order valence-corrected chi connectivity index (χ2v) is 6.20. The zero-order valence-electron chi connectivity index (χ0n) is 12.2. The molecule has 2 heterocycles. The molecule has 1 aliphatic heterocycles. The van der Waals surface area contributed by atoms with Crippen LogP contribution >= 0.6 is 23.8 Å². The molecule has 0 spiro atoms. The Bertz CT molecular complexity index is 647. The van der Waals surface area contributed by atoms with Gasteiger partial charge in [-0.2, -0.15) is 0 Å². The van der Waals surface area contributed by atoms with Crippen molar-refractivity contribution in [2.75, 3.05) is 11.9 Å². The average molecular weight is 332 g/mol. The van der Waals surface area contributed by atoms with Gasteiger partial charge in [0.15, 0.2) is 5.11 Å². The summed E-state index contributed by atoms with van der Waals surface area (Å²) < 4.78 is 0. The predicted octanol–water partition coefficient (Wildman–Crippen LogP) is 4.66. The predicted molar refractivity (Wildman–Crippen MR) is 95.2 cm³/mol. The summed E-state index contributed by atoms with van der Waals surface area (Å²) in [5.74, 6) is 0. The highest BCUT2D eigenvalue weighted by molar-refractivity contribution is 7.80. The third kappa shape index (κ3) is 3.39. The summed E-state index contributed by atoms with van der Waals surface area (Å²) >= 11 is 11.8. The molecule has 114 valence electrons. The maximum Gasteiger partial charge on any atom is 0.173 e. The number of hydrogen-bond acceptors (Lipinski definition) is 2. The highest BCUT2D eigenvalue weighted by Crippen LogP contribution is 2.31. The van der Waals surface area contributed by atoms with E-state index in [9.17, 15) is 0 Å². The van der Waals surface area contributed by atoms with Crippen molar-refractivity contribution in [3.8, 4) is 0 Å². The Morgan fingerprint density at radius 1 is 1.23 bits per heavy atom. The lowest BCUT2D eigenvalue weighted by atomic mass is 9.97. The van der Waals surface area contributed by atoms with Crippen molar-refractivity contribution in [3.05, 3.63) is 59.4 Å². The van der Waals surface area contributed by atoms with Crippen LogP contribution in [0.4, 0.5) is 5.69 Å². The Morgan fingerprint density at radius 2 is 2.09 bits per heavy atom. The number of halogens is 1. The third-order valence-electron chi connectivity index (χ3n) is 3.95. The highest BCUT2D eigenvalue weighted by atomic mass is 35.5. The largest absolute Gasteiger partial charge is 0.342 e. The van der Waals surface area contributed by atoms with Gasteiger partial charge in [0.2, 0.25) is 0 Å². The first-order chi connectivity index (χ1) is 10.8. The SMILES string of the molecule is S=C(Nc1ccccc1Cl)N1CCCCC1c1cccnc1. The van der Waals surface area contributed by atoms with Crippen molar-refractivity contribution in [2.24, 2.45) is 0 Å². The molecule has 0 aliphatic carbocycles. The first kappa shape index (κ1) is 15.3. The summed E-state index contributed by atoms with van der Waals surface area (Å²) in [5, 5.41) is 4.69. The van der Waals surface area contributed by atoms with Crippen LogP contribution in [-0.2, 0) is 0 Å². The number of nitrogens with one attached hydrogen (secondary N) is 1. The van der Waals surface area contributed by atoms with Crippen LogP contribution in [0.1, 0.15) is 30.9 Å². The van der Waals surface area contributed by atoms with Gasteiger partial charge in [-0.15, -0.1) is 0 Å². The lowest BCUT2D eigenvalue weighted by Crippen LogP contribution is -2.41. The molecule has 3 nitrogen and oxygen atoms in total. The van der Waals surface area contributed by atoms with Crippen molar-refractivity contribution in [1.29, 1.82) is 0 Å². The summed E-state index contributed by atoms with van der Waals surface area (Å²) in [4.78, 5) is 6.49. The van der Waals surface area contributed by atoms with Crippen LogP contribution in [0.2, 0.25) is 5.02 Å². The molecule has 0 bridgehead atoms. The van der Waals surface area contributed by atoms with E-state index in [2.05, 4.69) is 21.3 Å². The van der Waals surface area contributed by atoms with E-state index in [1.54, 1.807) is 6.20 Å². The molecular formula is C17H18ClN3S. The number of benzene rings is 1. The minimum Gasteiger partial charge on any atom is -0.342 e. The monoisotopic (exact) mass is 331 g/mol. The number of hydrogen-bond donors (Lipinski definition) is 1. The van der Waals surface area contributed by atoms with Crippen LogP contribution < -0.4 is 5.32 Å².